The fourth-order valence-electron chi connectivity index (χ4n) is 4.08. The molecule has 3 aromatic rings. The fraction of sp³-hybridized carbons (Fsp3) is 0.269. The van der Waals surface area contributed by atoms with Crippen molar-refractivity contribution in [1.29, 1.82) is 0 Å². The largest absolute Gasteiger partial charge is 0.456 e. The maximum absolute atomic E-state index is 6.16. The molecule has 0 saturated carbocycles. The van der Waals surface area contributed by atoms with E-state index < -0.39 is 0 Å². The second-order valence-corrected chi connectivity index (χ2v) is 8.99. The summed E-state index contributed by atoms with van der Waals surface area (Å²) in [4.78, 5) is 7.03. The van der Waals surface area contributed by atoms with Crippen LogP contribution in [0, 0.1) is 0 Å². The lowest BCUT2D eigenvalue weighted by Gasteiger charge is -2.45. The highest BCUT2D eigenvalue weighted by Crippen LogP contribution is 2.42. The molecule has 1 unspecified atom stereocenters. The van der Waals surface area contributed by atoms with Crippen LogP contribution in [0.2, 0.25) is 5.02 Å². The molecular formula is C26H27ClN2O. The summed E-state index contributed by atoms with van der Waals surface area (Å²) in [6, 6.07) is 21.8. The van der Waals surface area contributed by atoms with E-state index in [0.29, 0.717) is 16.7 Å². The van der Waals surface area contributed by atoms with Crippen LogP contribution in [0.1, 0.15) is 44.2 Å². The topological polar surface area (TPSA) is 24.8 Å². The summed E-state index contributed by atoms with van der Waals surface area (Å²) in [7, 11) is 2.19. The summed E-state index contributed by atoms with van der Waals surface area (Å²) < 4.78 is 5.84. The molecule has 3 aromatic carbocycles. The zero-order chi connectivity index (χ0) is 21.3. The van der Waals surface area contributed by atoms with E-state index in [1.807, 2.05) is 54.7 Å². The molecule has 0 amide bonds. The molecule has 154 valence electrons. The molecule has 30 heavy (non-hydrogen) atoms. The molecule has 0 aromatic heterocycles. The van der Waals surface area contributed by atoms with Crippen LogP contribution in [0.5, 0.6) is 11.5 Å². The first-order chi connectivity index (χ1) is 14.3. The highest BCUT2D eigenvalue weighted by atomic mass is 35.5. The first-order valence-electron chi connectivity index (χ1n) is 10.3. The van der Waals surface area contributed by atoms with Crippen molar-refractivity contribution in [2.45, 2.75) is 38.6 Å². The number of ether oxygens (including phenoxy) is 1. The average molecular weight is 419 g/mol. The van der Waals surface area contributed by atoms with Gasteiger partial charge in [0.15, 0.2) is 0 Å². The second kappa shape index (κ2) is 8.16. The van der Waals surface area contributed by atoms with Crippen molar-refractivity contribution in [3.63, 3.8) is 0 Å². The quantitative estimate of drug-likeness (QED) is 0.407. The van der Waals surface area contributed by atoms with Crippen LogP contribution in [0.4, 0.5) is 11.4 Å². The summed E-state index contributed by atoms with van der Waals surface area (Å²) >= 11 is 6.16. The smallest absolute Gasteiger partial charge is 0.146 e. The molecule has 1 atom stereocenters. The predicted molar refractivity (Wildman–Crippen MR) is 127 cm³/mol. The molecule has 1 aliphatic heterocycles. The molecule has 0 saturated heterocycles. The molecule has 0 spiro atoms. The Morgan fingerprint density at radius 2 is 1.80 bits per heavy atom. The number of para-hydroxylation sites is 1. The van der Waals surface area contributed by atoms with Gasteiger partial charge in [0.2, 0.25) is 0 Å². The molecule has 0 fully saturated rings. The van der Waals surface area contributed by atoms with Gasteiger partial charge in [-0.15, -0.1) is 0 Å². The Balaban J connectivity index is 1.49. The van der Waals surface area contributed by atoms with E-state index in [1.54, 1.807) is 0 Å². The molecule has 0 radical (unpaired) electrons. The van der Waals surface area contributed by atoms with Crippen molar-refractivity contribution >= 4 is 29.2 Å². The van der Waals surface area contributed by atoms with Gasteiger partial charge in [-0.3, -0.25) is 4.99 Å². The van der Waals surface area contributed by atoms with Crippen molar-refractivity contribution in [2.24, 2.45) is 4.99 Å². The zero-order valence-electron chi connectivity index (χ0n) is 17.9. The van der Waals surface area contributed by atoms with Gasteiger partial charge in [-0.2, -0.15) is 0 Å². The Bertz CT molecular complexity index is 1070. The highest BCUT2D eigenvalue weighted by Gasteiger charge is 2.33. The minimum Gasteiger partial charge on any atom is -0.456 e. The summed E-state index contributed by atoms with van der Waals surface area (Å²) in [5.74, 6) is 1.91. The van der Waals surface area contributed by atoms with E-state index >= 15 is 0 Å². The van der Waals surface area contributed by atoms with Crippen molar-refractivity contribution in [3.8, 4) is 11.5 Å². The van der Waals surface area contributed by atoms with Crippen LogP contribution in [-0.2, 0) is 0 Å². The van der Waals surface area contributed by atoms with Crippen LogP contribution in [0.25, 0.3) is 0 Å². The number of aliphatic imine (C=N–C) groups is 1. The number of fused-ring (bicyclic) bond motifs is 1. The van der Waals surface area contributed by atoms with Gasteiger partial charge in [0.25, 0.3) is 0 Å². The van der Waals surface area contributed by atoms with Gasteiger partial charge in [-0.1, -0.05) is 36.7 Å². The van der Waals surface area contributed by atoms with Crippen LogP contribution < -0.4 is 9.64 Å². The Labute approximate surface area is 184 Å². The third-order valence-electron chi connectivity index (χ3n) is 5.92. The second-order valence-electron chi connectivity index (χ2n) is 8.58. The van der Waals surface area contributed by atoms with Gasteiger partial charge < -0.3 is 9.64 Å². The molecule has 3 nitrogen and oxygen atoms in total. The molecule has 0 aliphatic carbocycles. The van der Waals surface area contributed by atoms with Gasteiger partial charge in [0.1, 0.15) is 11.5 Å². The average Bonchev–Trinajstić information content (AvgIpc) is 2.73. The summed E-state index contributed by atoms with van der Waals surface area (Å²) in [5.41, 5.74) is 4.88. The first kappa shape index (κ1) is 20.5. The monoisotopic (exact) mass is 418 g/mol. The number of rotatable bonds is 4. The minimum absolute atomic E-state index is 0.176. The first-order valence-corrected chi connectivity index (χ1v) is 10.7. The Morgan fingerprint density at radius 3 is 2.53 bits per heavy atom. The van der Waals surface area contributed by atoms with Crippen LogP contribution in [0.15, 0.2) is 71.7 Å². The lowest BCUT2D eigenvalue weighted by atomic mass is 9.80. The number of anilines is 1. The minimum atomic E-state index is 0.176. The Hall–Kier alpha value is -2.78. The maximum atomic E-state index is 6.16. The highest BCUT2D eigenvalue weighted by molar-refractivity contribution is 6.32. The van der Waals surface area contributed by atoms with Crippen LogP contribution >= 0.6 is 11.6 Å². The van der Waals surface area contributed by atoms with E-state index in [9.17, 15) is 0 Å². The number of nitrogens with zero attached hydrogens (tertiary/aromatic N) is 2. The van der Waals surface area contributed by atoms with E-state index in [4.69, 9.17) is 16.3 Å². The third-order valence-corrected chi connectivity index (χ3v) is 6.23. The number of benzene rings is 3. The van der Waals surface area contributed by atoms with Crippen LogP contribution in [0.3, 0.4) is 0 Å². The van der Waals surface area contributed by atoms with Gasteiger partial charge >= 0.3 is 0 Å². The molecule has 4 heteroatoms. The van der Waals surface area contributed by atoms with Crippen molar-refractivity contribution in [2.75, 3.05) is 11.9 Å². The lowest BCUT2D eigenvalue weighted by Crippen LogP contribution is -2.45. The SMILES string of the molecule is CC1CC(C)(C)N(C)c2ccc(C=Nc3ccc(Oc4ccccc4Cl)cc3)cc21. The summed E-state index contributed by atoms with van der Waals surface area (Å²) in [6.07, 6.45) is 3.07. The summed E-state index contributed by atoms with van der Waals surface area (Å²) in [5, 5.41) is 0.593. The fourth-order valence-corrected chi connectivity index (χ4v) is 4.25. The van der Waals surface area contributed by atoms with Gasteiger partial charge in [0, 0.05) is 24.5 Å². The number of hydrogen-bond acceptors (Lipinski definition) is 3. The standard InChI is InChI=1S/C26H27ClN2O/c1-18-16-26(2,3)29(4)24-14-9-19(15-22(18)24)17-28-20-10-12-21(13-11-20)30-25-8-6-5-7-23(25)27/h5-15,17-18H,16H2,1-4H3. The molecule has 4 rings (SSSR count). The zero-order valence-corrected chi connectivity index (χ0v) is 18.6. The number of halogens is 1. The van der Waals surface area contributed by atoms with Gasteiger partial charge in [-0.05, 0) is 85.8 Å². The van der Waals surface area contributed by atoms with Crippen LogP contribution in [-0.4, -0.2) is 18.8 Å². The van der Waals surface area contributed by atoms with Crippen molar-refractivity contribution < 1.29 is 4.74 Å². The molecule has 1 heterocycles. The molecule has 0 N–H and O–H groups in total. The Morgan fingerprint density at radius 1 is 1.07 bits per heavy atom. The van der Waals surface area contributed by atoms with E-state index in [1.165, 1.54) is 11.3 Å². The third kappa shape index (κ3) is 4.22. The van der Waals surface area contributed by atoms with E-state index in [-0.39, 0.29) is 5.54 Å². The molecular weight excluding hydrogens is 392 g/mol. The van der Waals surface area contributed by atoms with E-state index in [2.05, 4.69) is 55.9 Å². The lowest BCUT2D eigenvalue weighted by molar-refractivity contribution is 0.395. The number of hydrogen-bond donors (Lipinski definition) is 0. The van der Waals surface area contributed by atoms with Gasteiger partial charge in [0.05, 0.1) is 10.7 Å². The normalized spacial score (nSPS) is 17.8. The van der Waals surface area contributed by atoms with E-state index in [0.717, 1.165) is 23.4 Å². The summed E-state index contributed by atoms with van der Waals surface area (Å²) in [6.45, 7) is 6.92. The molecule has 1 aliphatic rings. The van der Waals surface area contributed by atoms with Crippen molar-refractivity contribution in [1.82, 2.24) is 0 Å². The van der Waals surface area contributed by atoms with Crippen molar-refractivity contribution in [3.05, 3.63) is 82.9 Å². The maximum Gasteiger partial charge on any atom is 0.146 e. The Kier molecular flexibility index (Phi) is 5.57. The van der Waals surface area contributed by atoms with Gasteiger partial charge in [-0.25, -0.2) is 0 Å². The molecule has 0 bridgehead atoms. The predicted octanol–water partition coefficient (Wildman–Crippen LogP) is 7.60.